The molecule has 2 aromatic rings. The fourth-order valence-electron chi connectivity index (χ4n) is 2.91. The number of amides is 1. The van der Waals surface area contributed by atoms with Crippen molar-refractivity contribution in [3.63, 3.8) is 0 Å². The summed E-state index contributed by atoms with van der Waals surface area (Å²) in [6.07, 6.45) is 4.04. The topological polar surface area (TPSA) is 60.7 Å². The highest BCUT2D eigenvalue weighted by Gasteiger charge is 2.20. The molecule has 2 heterocycles. The molecule has 5 nitrogen and oxygen atoms in total. The molecule has 1 N–H and O–H groups in total. The van der Waals surface area contributed by atoms with Gasteiger partial charge in [0.25, 0.3) is 0 Å². The minimum Gasteiger partial charge on any atom is -0.490 e. The van der Waals surface area contributed by atoms with Gasteiger partial charge < -0.3 is 19.2 Å². The van der Waals surface area contributed by atoms with Crippen LogP contribution in [0.3, 0.4) is 0 Å². The van der Waals surface area contributed by atoms with Gasteiger partial charge in [-0.25, -0.2) is 0 Å². The van der Waals surface area contributed by atoms with Crippen molar-refractivity contribution in [3.05, 3.63) is 53.5 Å². The third kappa shape index (κ3) is 4.48. The van der Waals surface area contributed by atoms with Gasteiger partial charge in [0.05, 0.1) is 19.3 Å². The summed E-state index contributed by atoms with van der Waals surface area (Å²) in [6.45, 7) is 7.33. The van der Waals surface area contributed by atoms with Crippen LogP contribution in [0.15, 0.2) is 40.8 Å². The molecule has 1 unspecified atom stereocenters. The van der Waals surface area contributed by atoms with Gasteiger partial charge in [0, 0.05) is 12.5 Å². The molecule has 0 saturated carbocycles. The zero-order valence-electron chi connectivity index (χ0n) is 15.5. The standard InChI is InChI=1S/C21H25NO4/c1-14(2)21(22-20(23)10-8-17-7-5-15(3)26-17)16-6-9-18-19(13-16)25-12-4-11-24-18/h5-10,13-14,21H,4,11-12H2,1-3H3,(H,22,23)/b10-8+. The lowest BCUT2D eigenvalue weighted by molar-refractivity contribution is -0.117. The lowest BCUT2D eigenvalue weighted by atomic mass is 9.95. The summed E-state index contributed by atoms with van der Waals surface area (Å²) < 4.78 is 16.9. The van der Waals surface area contributed by atoms with Gasteiger partial charge in [0.1, 0.15) is 11.5 Å². The molecule has 5 heteroatoms. The van der Waals surface area contributed by atoms with E-state index in [2.05, 4.69) is 19.2 Å². The quantitative estimate of drug-likeness (QED) is 0.814. The van der Waals surface area contributed by atoms with Crippen molar-refractivity contribution in [2.24, 2.45) is 5.92 Å². The SMILES string of the molecule is Cc1ccc(/C=C/C(=O)NC(c2ccc3c(c2)OCCCO3)C(C)C)o1. The van der Waals surface area contributed by atoms with Crippen LogP contribution in [0, 0.1) is 12.8 Å². The van der Waals surface area contributed by atoms with Gasteiger partial charge in [-0.15, -0.1) is 0 Å². The number of aryl methyl sites for hydroxylation is 1. The van der Waals surface area contributed by atoms with Crippen LogP contribution in [0.5, 0.6) is 11.5 Å². The van der Waals surface area contributed by atoms with Crippen molar-refractivity contribution < 1.29 is 18.7 Å². The molecule has 0 radical (unpaired) electrons. The molecule has 3 rings (SSSR count). The first-order chi connectivity index (χ1) is 12.5. The van der Waals surface area contributed by atoms with E-state index >= 15 is 0 Å². The maximum Gasteiger partial charge on any atom is 0.244 e. The Bertz CT molecular complexity index is 791. The van der Waals surface area contributed by atoms with Crippen molar-refractivity contribution in [2.75, 3.05) is 13.2 Å². The zero-order valence-corrected chi connectivity index (χ0v) is 15.5. The summed E-state index contributed by atoms with van der Waals surface area (Å²) in [4.78, 5) is 12.4. The Kier molecular flexibility index (Phi) is 5.66. The van der Waals surface area contributed by atoms with Crippen LogP contribution in [0.25, 0.3) is 6.08 Å². The van der Waals surface area contributed by atoms with Gasteiger partial charge in [0.15, 0.2) is 11.5 Å². The number of ether oxygens (including phenoxy) is 2. The largest absolute Gasteiger partial charge is 0.490 e. The van der Waals surface area contributed by atoms with Crippen molar-refractivity contribution in [3.8, 4) is 11.5 Å². The number of furan rings is 1. The fraction of sp³-hybridized carbons (Fsp3) is 0.381. The van der Waals surface area contributed by atoms with Crippen LogP contribution in [0.4, 0.5) is 0 Å². The molecule has 1 amide bonds. The van der Waals surface area contributed by atoms with Gasteiger partial charge in [-0.2, -0.15) is 0 Å². The van der Waals surface area contributed by atoms with E-state index in [4.69, 9.17) is 13.9 Å². The molecular weight excluding hydrogens is 330 g/mol. The van der Waals surface area contributed by atoms with Gasteiger partial charge in [-0.1, -0.05) is 19.9 Å². The average Bonchev–Trinajstić information content (AvgIpc) is 2.89. The van der Waals surface area contributed by atoms with E-state index in [0.29, 0.717) is 19.0 Å². The number of fused-ring (bicyclic) bond motifs is 1. The number of hydrogen-bond acceptors (Lipinski definition) is 4. The molecule has 1 aliphatic heterocycles. The monoisotopic (exact) mass is 355 g/mol. The number of benzene rings is 1. The Hall–Kier alpha value is -2.69. The molecule has 26 heavy (non-hydrogen) atoms. The van der Waals surface area contributed by atoms with Crippen LogP contribution >= 0.6 is 0 Å². The van der Waals surface area contributed by atoms with Crippen molar-refractivity contribution in [1.29, 1.82) is 0 Å². The van der Waals surface area contributed by atoms with Gasteiger partial charge in [0.2, 0.25) is 5.91 Å². The van der Waals surface area contributed by atoms with Gasteiger partial charge >= 0.3 is 0 Å². The second-order valence-corrected chi connectivity index (χ2v) is 6.77. The van der Waals surface area contributed by atoms with Crippen molar-refractivity contribution >= 4 is 12.0 Å². The predicted molar refractivity (Wildman–Crippen MR) is 100 cm³/mol. The highest BCUT2D eigenvalue weighted by atomic mass is 16.5. The summed E-state index contributed by atoms with van der Waals surface area (Å²) in [5, 5.41) is 3.07. The predicted octanol–water partition coefficient (Wildman–Crippen LogP) is 4.28. The first-order valence-corrected chi connectivity index (χ1v) is 8.97. The number of hydrogen-bond donors (Lipinski definition) is 1. The lowest BCUT2D eigenvalue weighted by Gasteiger charge is -2.23. The molecule has 1 atom stereocenters. The molecule has 1 aromatic carbocycles. The van der Waals surface area contributed by atoms with Crippen LogP contribution in [-0.4, -0.2) is 19.1 Å². The highest BCUT2D eigenvalue weighted by Crippen LogP contribution is 2.34. The van der Waals surface area contributed by atoms with E-state index in [-0.39, 0.29) is 17.9 Å². The minimum absolute atomic E-state index is 0.123. The maximum absolute atomic E-state index is 12.4. The molecular formula is C21H25NO4. The Morgan fingerprint density at radius 2 is 1.88 bits per heavy atom. The molecule has 0 saturated heterocycles. The zero-order chi connectivity index (χ0) is 18.5. The van der Waals surface area contributed by atoms with Crippen molar-refractivity contribution in [2.45, 2.75) is 33.2 Å². The average molecular weight is 355 g/mol. The van der Waals surface area contributed by atoms with Crippen molar-refractivity contribution in [1.82, 2.24) is 5.32 Å². The van der Waals surface area contributed by atoms with E-state index in [9.17, 15) is 4.79 Å². The molecule has 1 aromatic heterocycles. The summed E-state index contributed by atoms with van der Waals surface area (Å²) in [5.74, 6) is 3.04. The van der Waals surface area contributed by atoms with E-state index in [1.54, 1.807) is 6.08 Å². The Morgan fingerprint density at radius 1 is 1.12 bits per heavy atom. The minimum atomic E-state index is -0.162. The Labute approximate surface area is 154 Å². The summed E-state index contributed by atoms with van der Waals surface area (Å²) in [5.41, 5.74) is 1.000. The summed E-state index contributed by atoms with van der Waals surface area (Å²) in [6, 6.07) is 9.44. The smallest absolute Gasteiger partial charge is 0.244 e. The molecule has 0 fully saturated rings. The number of carbonyl (C=O) groups is 1. The Morgan fingerprint density at radius 3 is 2.58 bits per heavy atom. The second kappa shape index (κ2) is 8.13. The van der Waals surface area contributed by atoms with E-state index < -0.39 is 0 Å². The summed E-state index contributed by atoms with van der Waals surface area (Å²) >= 11 is 0. The number of carbonyl (C=O) groups excluding carboxylic acids is 1. The van der Waals surface area contributed by atoms with Crippen LogP contribution in [0.2, 0.25) is 0 Å². The van der Waals surface area contributed by atoms with Crippen LogP contribution in [0.1, 0.15) is 43.4 Å². The van der Waals surface area contributed by atoms with Crippen LogP contribution in [-0.2, 0) is 4.79 Å². The molecule has 138 valence electrons. The molecule has 0 bridgehead atoms. The normalized spacial score (nSPS) is 15.1. The maximum atomic E-state index is 12.4. The highest BCUT2D eigenvalue weighted by molar-refractivity contribution is 5.91. The first-order valence-electron chi connectivity index (χ1n) is 8.97. The summed E-state index contributed by atoms with van der Waals surface area (Å²) in [7, 11) is 0. The van der Waals surface area contributed by atoms with Gasteiger partial charge in [-0.3, -0.25) is 4.79 Å². The van der Waals surface area contributed by atoms with Crippen LogP contribution < -0.4 is 14.8 Å². The van der Waals surface area contributed by atoms with Gasteiger partial charge in [-0.05, 0) is 48.7 Å². The Balaban J connectivity index is 1.73. The fourth-order valence-corrected chi connectivity index (χ4v) is 2.91. The lowest BCUT2D eigenvalue weighted by Crippen LogP contribution is -2.30. The third-order valence-corrected chi connectivity index (χ3v) is 4.26. The number of rotatable bonds is 5. The second-order valence-electron chi connectivity index (χ2n) is 6.77. The number of nitrogens with one attached hydrogen (secondary N) is 1. The van der Waals surface area contributed by atoms with E-state index in [1.807, 2.05) is 37.3 Å². The molecule has 0 aliphatic carbocycles. The first kappa shape index (κ1) is 18.1. The van der Waals surface area contributed by atoms with E-state index in [1.165, 1.54) is 6.08 Å². The molecule has 0 spiro atoms. The third-order valence-electron chi connectivity index (χ3n) is 4.26. The van der Waals surface area contributed by atoms with E-state index in [0.717, 1.165) is 29.2 Å². The molecule has 1 aliphatic rings.